The van der Waals surface area contributed by atoms with E-state index in [1.54, 1.807) is 7.11 Å². The van der Waals surface area contributed by atoms with E-state index in [1.807, 2.05) is 4.90 Å². The number of nitrogens with two attached hydrogens (primary N) is 1. The molecule has 0 bridgehead atoms. The van der Waals surface area contributed by atoms with Gasteiger partial charge in [0.2, 0.25) is 0 Å². The molecule has 2 fully saturated rings. The molecule has 17 heavy (non-hydrogen) atoms. The van der Waals surface area contributed by atoms with Gasteiger partial charge in [0.25, 0.3) is 5.91 Å². The van der Waals surface area contributed by atoms with Crippen LogP contribution in [0.5, 0.6) is 0 Å². The first-order chi connectivity index (χ1) is 7.76. The first-order valence-electron chi connectivity index (χ1n) is 6.28. The highest BCUT2D eigenvalue weighted by atomic mass is 35.5. The number of rotatable bonds is 3. The number of amides is 1. The number of ether oxygens (including phenoxy) is 1. The van der Waals surface area contributed by atoms with E-state index in [-0.39, 0.29) is 24.9 Å². The number of carbonyl (C=O) groups excluding carboxylic acids is 1. The molecule has 1 aliphatic carbocycles. The summed E-state index contributed by atoms with van der Waals surface area (Å²) in [5.74, 6) is 1.54. The van der Waals surface area contributed by atoms with E-state index in [0.717, 1.165) is 24.9 Å². The van der Waals surface area contributed by atoms with Crippen LogP contribution in [0.4, 0.5) is 0 Å². The molecule has 5 heteroatoms. The number of halogens is 1. The fourth-order valence-electron chi connectivity index (χ4n) is 3.09. The van der Waals surface area contributed by atoms with Crippen LogP contribution in [0, 0.1) is 11.8 Å². The fraction of sp³-hybridized carbons (Fsp3) is 0.917. The number of nitrogens with zero attached hydrogens (tertiary/aromatic N) is 1. The maximum Gasteiger partial charge on any atom is 0.253 e. The molecule has 100 valence electrons. The highest BCUT2D eigenvalue weighted by molar-refractivity contribution is 5.85. The fourth-order valence-corrected chi connectivity index (χ4v) is 3.09. The summed E-state index contributed by atoms with van der Waals surface area (Å²) >= 11 is 0. The maximum atomic E-state index is 12.1. The van der Waals surface area contributed by atoms with Crippen LogP contribution >= 0.6 is 12.4 Å². The van der Waals surface area contributed by atoms with Crippen molar-refractivity contribution >= 4 is 18.3 Å². The monoisotopic (exact) mass is 262 g/mol. The zero-order valence-corrected chi connectivity index (χ0v) is 11.2. The van der Waals surface area contributed by atoms with Crippen molar-refractivity contribution in [2.75, 3.05) is 26.7 Å². The number of carbonyl (C=O) groups is 1. The van der Waals surface area contributed by atoms with Crippen LogP contribution in [-0.4, -0.2) is 43.7 Å². The van der Waals surface area contributed by atoms with Crippen molar-refractivity contribution in [1.82, 2.24) is 4.90 Å². The van der Waals surface area contributed by atoms with Gasteiger partial charge in [0, 0.05) is 26.7 Å². The first-order valence-corrected chi connectivity index (χ1v) is 6.28. The topological polar surface area (TPSA) is 55.6 Å². The predicted molar refractivity (Wildman–Crippen MR) is 69.1 cm³/mol. The number of hydrogen-bond donors (Lipinski definition) is 1. The molecular formula is C12H23ClN2O2. The Hall–Kier alpha value is -0.320. The summed E-state index contributed by atoms with van der Waals surface area (Å²) < 4.78 is 5.11. The average Bonchev–Trinajstić information content (AvgIpc) is 2.74. The SMILES string of the molecule is COC(CN)C(=O)N1CC2CCCCC2C1.Cl. The third kappa shape index (κ3) is 3.12. The minimum absolute atomic E-state index is 0. The molecule has 2 aliphatic rings. The minimum atomic E-state index is -0.444. The van der Waals surface area contributed by atoms with Gasteiger partial charge in [-0.15, -0.1) is 12.4 Å². The van der Waals surface area contributed by atoms with Crippen LogP contribution in [-0.2, 0) is 9.53 Å². The van der Waals surface area contributed by atoms with Crippen molar-refractivity contribution in [2.24, 2.45) is 17.6 Å². The largest absolute Gasteiger partial charge is 0.370 e. The molecule has 1 amide bonds. The van der Waals surface area contributed by atoms with Gasteiger partial charge in [0.05, 0.1) is 0 Å². The summed E-state index contributed by atoms with van der Waals surface area (Å²) in [6, 6.07) is 0. The molecule has 0 aromatic carbocycles. The minimum Gasteiger partial charge on any atom is -0.370 e. The summed E-state index contributed by atoms with van der Waals surface area (Å²) in [7, 11) is 1.55. The number of fused-ring (bicyclic) bond motifs is 1. The van der Waals surface area contributed by atoms with Crippen LogP contribution in [0.3, 0.4) is 0 Å². The molecule has 1 heterocycles. The Bertz CT molecular complexity index is 245. The highest BCUT2D eigenvalue weighted by Crippen LogP contribution is 2.36. The molecule has 0 aromatic rings. The zero-order chi connectivity index (χ0) is 11.5. The Morgan fingerprint density at radius 3 is 2.29 bits per heavy atom. The van der Waals surface area contributed by atoms with Crippen molar-refractivity contribution in [3.05, 3.63) is 0 Å². The molecule has 2 rings (SSSR count). The van der Waals surface area contributed by atoms with Gasteiger partial charge in [-0.3, -0.25) is 4.79 Å². The predicted octanol–water partition coefficient (Wildman–Crippen LogP) is 1.03. The second-order valence-electron chi connectivity index (χ2n) is 5.01. The average molecular weight is 263 g/mol. The van der Waals surface area contributed by atoms with Crippen LogP contribution in [0.2, 0.25) is 0 Å². The Labute approximate surface area is 109 Å². The lowest BCUT2D eigenvalue weighted by Crippen LogP contribution is -2.42. The van der Waals surface area contributed by atoms with Gasteiger partial charge in [0.1, 0.15) is 6.10 Å². The highest BCUT2D eigenvalue weighted by Gasteiger charge is 2.38. The lowest BCUT2D eigenvalue weighted by Gasteiger charge is -2.22. The molecule has 0 spiro atoms. The molecule has 1 saturated carbocycles. The lowest BCUT2D eigenvalue weighted by molar-refractivity contribution is -0.140. The van der Waals surface area contributed by atoms with E-state index >= 15 is 0 Å². The number of likely N-dealkylation sites (tertiary alicyclic amines) is 1. The number of hydrogen-bond acceptors (Lipinski definition) is 3. The van der Waals surface area contributed by atoms with E-state index in [9.17, 15) is 4.79 Å². The van der Waals surface area contributed by atoms with Gasteiger partial charge in [-0.25, -0.2) is 0 Å². The molecule has 1 aliphatic heterocycles. The quantitative estimate of drug-likeness (QED) is 0.827. The van der Waals surface area contributed by atoms with E-state index < -0.39 is 6.10 Å². The van der Waals surface area contributed by atoms with Gasteiger partial charge >= 0.3 is 0 Å². The molecule has 2 N–H and O–H groups in total. The van der Waals surface area contributed by atoms with Gasteiger partial charge in [-0.1, -0.05) is 12.8 Å². The van der Waals surface area contributed by atoms with Gasteiger partial charge in [-0.2, -0.15) is 0 Å². The van der Waals surface area contributed by atoms with Crippen LogP contribution < -0.4 is 5.73 Å². The molecular weight excluding hydrogens is 240 g/mol. The summed E-state index contributed by atoms with van der Waals surface area (Å²) in [5.41, 5.74) is 5.53. The van der Waals surface area contributed by atoms with Gasteiger partial charge in [0.15, 0.2) is 0 Å². The molecule has 1 saturated heterocycles. The first kappa shape index (κ1) is 14.7. The second-order valence-corrected chi connectivity index (χ2v) is 5.01. The number of methoxy groups -OCH3 is 1. The Balaban J connectivity index is 0.00000144. The van der Waals surface area contributed by atoms with Crippen molar-refractivity contribution < 1.29 is 9.53 Å². The maximum absolute atomic E-state index is 12.1. The van der Waals surface area contributed by atoms with Crippen LogP contribution in [0.25, 0.3) is 0 Å². The summed E-state index contributed by atoms with van der Waals surface area (Å²) in [6.45, 7) is 2.12. The molecule has 3 unspecified atom stereocenters. The van der Waals surface area contributed by atoms with E-state index in [1.165, 1.54) is 25.7 Å². The smallest absolute Gasteiger partial charge is 0.253 e. The van der Waals surface area contributed by atoms with Gasteiger partial charge < -0.3 is 15.4 Å². The Morgan fingerprint density at radius 1 is 1.35 bits per heavy atom. The molecule has 3 atom stereocenters. The zero-order valence-electron chi connectivity index (χ0n) is 10.4. The van der Waals surface area contributed by atoms with Crippen molar-refractivity contribution in [2.45, 2.75) is 31.8 Å². The molecule has 4 nitrogen and oxygen atoms in total. The van der Waals surface area contributed by atoms with E-state index in [2.05, 4.69) is 0 Å². The van der Waals surface area contributed by atoms with Crippen LogP contribution in [0.15, 0.2) is 0 Å². The summed E-state index contributed by atoms with van der Waals surface area (Å²) in [6.07, 6.45) is 4.78. The molecule has 0 radical (unpaired) electrons. The summed E-state index contributed by atoms with van der Waals surface area (Å²) in [4.78, 5) is 14.0. The second kappa shape index (κ2) is 6.57. The standard InChI is InChI=1S/C12H22N2O2.ClH/c1-16-11(6-13)12(15)14-7-9-4-2-3-5-10(9)8-14;/h9-11H,2-8,13H2,1H3;1H. The molecule has 0 aromatic heterocycles. The summed E-state index contributed by atoms with van der Waals surface area (Å²) in [5, 5.41) is 0. The van der Waals surface area contributed by atoms with Crippen molar-refractivity contribution in [3.63, 3.8) is 0 Å². The normalized spacial score (nSPS) is 29.4. The Kier molecular flexibility index (Phi) is 5.70. The third-order valence-corrected chi connectivity index (χ3v) is 4.06. The Morgan fingerprint density at radius 2 is 1.88 bits per heavy atom. The van der Waals surface area contributed by atoms with Gasteiger partial charge in [-0.05, 0) is 24.7 Å². The van der Waals surface area contributed by atoms with E-state index in [0.29, 0.717) is 0 Å². The van der Waals surface area contributed by atoms with E-state index in [4.69, 9.17) is 10.5 Å². The van der Waals surface area contributed by atoms with Crippen molar-refractivity contribution in [3.8, 4) is 0 Å². The lowest BCUT2D eigenvalue weighted by atomic mass is 9.82. The third-order valence-electron chi connectivity index (χ3n) is 4.06. The van der Waals surface area contributed by atoms with Crippen molar-refractivity contribution in [1.29, 1.82) is 0 Å². The van der Waals surface area contributed by atoms with Crippen LogP contribution in [0.1, 0.15) is 25.7 Å².